The van der Waals surface area contributed by atoms with Crippen molar-refractivity contribution in [3.8, 4) is 11.5 Å². The number of para-hydroxylation sites is 1. The Kier molecular flexibility index (Phi) is 5.75. The molecule has 33 heavy (non-hydrogen) atoms. The molecule has 5 rings (SSSR count). The summed E-state index contributed by atoms with van der Waals surface area (Å²) in [5.74, 6) is 0.546. The SMILES string of the molecule is COCCN(C)c1ccc2nc(-c3ccc4ccccc4n3)n(Cc3ccc(F)cc3)c2c1. The molecule has 0 radical (unpaired) electrons. The van der Waals surface area contributed by atoms with Crippen LogP contribution in [0.15, 0.2) is 78.9 Å². The number of pyridine rings is 1. The van der Waals surface area contributed by atoms with Crippen molar-refractivity contribution in [3.05, 3.63) is 90.2 Å². The van der Waals surface area contributed by atoms with E-state index in [4.69, 9.17) is 14.7 Å². The van der Waals surface area contributed by atoms with E-state index in [1.54, 1.807) is 7.11 Å². The van der Waals surface area contributed by atoms with Gasteiger partial charge in [-0.15, -0.1) is 0 Å². The van der Waals surface area contributed by atoms with Crippen molar-refractivity contribution in [2.24, 2.45) is 0 Å². The Bertz CT molecular complexity index is 1410. The van der Waals surface area contributed by atoms with Gasteiger partial charge in [-0.05, 0) is 48.0 Å². The number of aromatic nitrogens is 3. The van der Waals surface area contributed by atoms with Crippen molar-refractivity contribution < 1.29 is 9.13 Å². The maximum atomic E-state index is 13.5. The topological polar surface area (TPSA) is 43.2 Å². The lowest BCUT2D eigenvalue weighted by molar-refractivity contribution is 0.206. The van der Waals surface area contributed by atoms with Crippen LogP contribution in [0.2, 0.25) is 0 Å². The van der Waals surface area contributed by atoms with E-state index < -0.39 is 0 Å². The molecule has 3 aromatic carbocycles. The number of ether oxygens (including phenoxy) is 1. The summed E-state index contributed by atoms with van der Waals surface area (Å²) in [5, 5.41) is 1.09. The summed E-state index contributed by atoms with van der Waals surface area (Å²) >= 11 is 0. The van der Waals surface area contributed by atoms with Crippen LogP contribution in [0, 0.1) is 5.82 Å². The average molecular weight is 441 g/mol. The Balaban J connectivity index is 1.65. The van der Waals surface area contributed by atoms with Gasteiger partial charge in [0.2, 0.25) is 0 Å². The fourth-order valence-corrected chi connectivity index (χ4v) is 4.02. The molecule has 0 aliphatic carbocycles. The molecule has 0 unspecified atom stereocenters. The molecular formula is C27H25FN4O. The number of halogens is 1. The van der Waals surface area contributed by atoms with Crippen molar-refractivity contribution in [1.82, 2.24) is 14.5 Å². The van der Waals surface area contributed by atoms with E-state index in [9.17, 15) is 4.39 Å². The quantitative estimate of drug-likeness (QED) is 0.334. The maximum absolute atomic E-state index is 13.5. The van der Waals surface area contributed by atoms with Crippen LogP contribution in [0.3, 0.4) is 0 Å². The molecule has 0 fully saturated rings. The number of rotatable bonds is 7. The molecule has 2 aromatic heterocycles. The second-order valence-electron chi connectivity index (χ2n) is 8.12. The molecule has 0 saturated carbocycles. The van der Waals surface area contributed by atoms with Gasteiger partial charge in [-0.1, -0.05) is 36.4 Å². The Morgan fingerprint density at radius 1 is 0.909 bits per heavy atom. The summed E-state index contributed by atoms with van der Waals surface area (Å²) in [4.78, 5) is 12.0. The second kappa shape index (κ2) is 9.00. The number of hydrogen-bond donors (Lipinski definition) is 0. The number of imidazole rings is 1. The van der Waals surface area contributed by atoms with Crippen molar-refractivity contribution in [2.75, 3.05) is 32.2 Å². The summed E-state index contributed by atoms with van der Waals surface area (Å²) in [7, 11) is 3.75. The second-order valence-corrected chi connectivity index (χ2v) is 8.12. The highest BCUT2D eigenvalue weighted by molar-refractivity contribution is 5.85. The summed E-state index contributed by atoms with van der Waals surface area (Å²) in [6, 6.07) is 25.0. The van der Waals surface area contributed by atoms with Gasteiger partial charge in [-0.25, -0.2) is 14.4 Å². The zero-order valence-corrected chi connectivity index (χ0v) is 18.7. The van der Waals surface area contributed by atoms with Gasteiger partial charge >= 0.3 is 0 Å². The minimum Gasteiger partial charge on any atom is -0.383 e. The molecule has 2 heterocycles. The first-order chi connectivity index (χ1) is 16.1. The van der Waals surface area contributed by atoms with Gasteiger partial charge in [-0.2, -0.15) is 0 Å². The lowest BCUT2D eigenvalue weighted by atomic mass is 10.2. The first-order valence-electron chi connectivity index (χ1n) is 10.9. The van der Waals surface area contributed by atoms with Gasteiger partial charge in [-0.3, -0.25) is 0 Å². The molecular weight excluding hydrogens is 415 g/mol. The van der Waals surface area contributed by atoms with Crippen molar-refractivity contribution in [2.45, 2.75) is 6.54 Å². The van der Waals surface area contributed by atoms with Crippen LogP contribution in [-0.4, -0.2) is 41.8 Å². The monoisotopic (exact) mass is 440 g/mol. The molecule has 6 heteroatoms. The predicted molar refractivity (Wildman–Crippen MR) is 131 cm³/mol. The highest BCUT2D eigenvalue weighted by atomic mass is 19.1. The third-order valence-electron chi connectivity index (χ3n) is 5.88. The third kappa shape index (κ3) is 4.30. The van der Waals surface area contributed by atoms with E-state index in [1.165, 1.54) is 12.1 Å². The summed E-state index contributed by atoms with van der Waals surface area (Å²) < 4.78 is 20.9. The van der Waals surface area contributed by atoms with Crippen molar-refractivity contribution in [3.63, 3.8) is 0 Å². The van der Waals surface area contributed by atoms with Crippen LogP contribution in [0.25, 0.3) is 33.5 Å². The summed E-state index contributed by atoms with van der Waals surface area (Å²) in [6.45, 7) is 1.99. The van der Waals surface area contributed by atoms with E-state index in [0.29, 0.717) is 13.2 Å². The first-order valence-corrected chi connectivity index (χ1v) is 10.9. The van der Waals surface area contributed by atoms with Crippen LogP contribution in [0.1, 0.15) is 5.56 Å². The van der Waals surface area contributed by atoms with Crippen LogP contribution < -0.4 is 4.90 Å². The molecule has 0 spiro atoms. The number of methoxy groups -OCH3 is 1. The highest BCUT2D eigenvalue weighted by Gasteiger charge is 2.16. The lowest BCUT2D eigenvalue weighted by Gasteiger charge is -2.19. The molecule has 0 aliphatic rings. The van der Waals surface area contributed by atoms with E-state index in [-0.39, 0.29) is 5.82 Å². The third-order valence-corrected chi connectivity index (χ3v) is 5.88. The van der Waals surface area contributed by atoms with E-state index in [2.05, 4.69) is 33.7 Å². The van der Waals surface area contributed by atoms with Gasteiger partial charge < -0.3 is 14.2 Å². The van der Waals surface area contributed by atoms with Gasteiger partial charge in [0.05, 0.1) is 23.2 Å². The van der Waals surface area contributed by atoms with Gasteiger partial charge in [0.1, 0.15) is 11.5 Å². The lowest BCUT2D eigenvalue weighted by Crippen LogP contribution is -2.21. The van der Waals surface area contributed by atoms with E-state index >= 15 is 0 Å². The van der Waals surface area contributed by atoms with Crippen molar-refractivity contribution >= 4 is 27.6 Å². The number of hydrogen-bond acceptors (Lipinski definition) is 4. The summed E-state index contributed by atoms with van der Waals surface area (Å²) in [5.41, 5.74) is 5.71. The molecule has 5 nitrogen and oxygen atoms in total. The standard InChI is InChI=1S/C27H25FN4O/c1-31(15-16-33-2)22-12-14-24-26(17-22)32(18-19-7-10-21(28)11-8-19)27(30-24)25-13-9-20-5-3-4-6-23(20)29-25/h3-14,17H,15-16,18H2,1-2H3. The molecule has 166 valence electrons. The Morgan fingerprint density at radius 3 is 2.55 bits per heavy atom. The summed E-state index contributed by atoms with van der Waals surface area (Å²) in [6.07, 6.45) is 0. The smallest absolute Gasteiger partial charge is 0.160 e. The Hall–Kier alpha value is -3.77. The van der Waals surface area contributed by atoms with E-state index in [1.807, 2.05) is 49.5 Å². The average Bonchev–Trinajstić information content (AvgIpc) is 3.21. The zero-order valence-electron chi connectivity index (χ0n) is 18.7. The molecule has 5 aromatic rings. The van der Waals surface area contributed by atoms with Crippen LogP contribution in [0.5, 0.6) is 0 Å². The number of fused-ring (bicyclic) bond motifs is 2. The van der Waals surface area contributed by atoms with Gasteiger partial charge in [0, 0.05) is 38.3 Å². The zero-order chi connectivity index (χ0) is 22.8. The number of likely N-dealkylation sites (N-methyl/N-ethyl adjacent to an activating group) is 1. The van der Waals surface area contributed by atoms with E-state index in [0.717, 1.165) is 51.3 Å². The Morgan fingerprint density at radius 2 is 1.73 bits per heavy atom. The van der Waals surface area contributed by atoms with Gasteiger partial charge in [0.15, 0.2) is 5.82 Å². The van der Waals surface area contributed by atoms with Crippen molar-refractivity contribution in [1.29, 1.82) is 0 Å². The number of nitrogens with zero attached hydrogens (tertiary/aromatic N) is 4. The minimum atomic E-state index is -0.243. The molecule has 0 atom stereocenters. The first kappa shape index (κ1) is 21.1. The minimum absolute atomic E-state index is 0.243. The molecule has 0 aliphatic heterocycles. The Labute approximate surface area is 192 Å². The largest absolute Gasteiger partial charge is 0.383 e. The fraction of sp³-hybridized carbons (Fsp3) is 0.185. The van der Waals surface area contributed by atoms with Crippen LogP contribution in [0.4, 0.5) is 10.1 Å². The normalized spacial score (nSPS) is 11.4. The molecule has 0 bridgehead atoms. The maximum Gasteiger partial charge on any atom is 0.160 e. The number of benzene rings is 3. The van der Waals surface area contributed by atoms with Gasteiger partial charge in [0.25, 0.3) is 0 Å². The molecule has 0 saturated heterocycles. The van der Waals surface area contributed by atoms with Crippen LogP contribution in [-0.2, 0) is 11.3 Å². The molecule has 0 N–H and O–H groups in total. The molecule has 0 amide bonds. The number of anilines is 1. The fourth-order valence-electron chi connectivity index (χ4n) is 4.02. The highest BCUT2D eigenvalue weighted by Crippen LogP contribution is 2.29. The predicted octanol–water partition coefficient (Wildman–Crippen LogP) is 5.52. The van der Waals surface area contributed by atoms with Crippen LogP contribution >= 0.6 is 0 Å².